The average Bonchev–Trinajstić information content (AvgIpc) is 3.09. The highest BCUT2D eigenvalue weighted by Gasteiger charge is 2.30. The van der Waals surface area contributed by atoms with Crippen LogP contribution in [0.1, 0.15) is 44.0 Å². The number of rotatable bonds is 4. The van der Waals surface area contributed by atoms with Crippen molar-refractivity contribution in [3.8, 4) is 0 Å². The van der Waals surface area contributed by atoms with Crippen LogP contribution < -0.4 is 4.90 Å². The Morgan fingerprint density at radius 3 is 2.36 bits per heavy atom. The van der Waals surface area contributed by atoms with Crippen molar-refractivity contribution < 1.29 is 19.1 Å². The first-order valence-electron chi connectivity index (χ1n) is 12.4. The number of hydrogen-bond acceptors (Lipinski definition) is 8. The van der Waals surface area contributed by atoms with E-state index in [-0.39, 0.29) is 18.8 Å². The number of fused-ring (bicyclic) bond motifs is 1. The molecule has 0 atom stereocenters. The zero-order valence-electron chi connectivity index (χ0n) is 21.5. The number of ether oxygens (including phenoxy) is 2. The smallest absolute Gasteiger partial charge is 0.410 e. The molecule has 0 aliphatic carbocycles. The van der Waals surface area contributed by atoms with E-state index in [4.69, 9.17) is 19.4 Å². The number of anilines is 1. The first-order chi connectivity index (χ1) is 17.2. The van der Waals surface area contributed by atoms with Gasteiger partial charge in [0.1, 0.15) is 18.0 Å². The maximum atomic E-state index is 12.9. The average molecular weight is 514 g/mol. The predicted octanol–water partition coefficient (Wildman–Crippen LogP) is 4.34. The third-order valence-corrected chi connectivity index (χ3v) is 6.67. The van der Waals surface area contributed by atoms with E-state index in [0.29, 0.717) is 44.4 Å². The van der Waals surface area contributed by atoms with Gasteiger partial charge < -0.3 is 24.2 Å². The minimum atomic E-state index is -0.514. The zero-order chi connectivity index (χ0) is 25.7. The molecule has 1 aromatic carbocycles. The minimum absolute atomic E-state index is 0.246. The van der Waals surface area contributed by atoms with Gasteiger partial charge >= 0.3 is 12.2 Å². The molecule has 0 saturated carbocycles. The fourth-order valence-electron chi connectivity index (χ4n) is 4.34. The molecular formula is C26H35N5O4S. The number of aromatic nitrogens is 2. The fourth-order valence-corrected chi connectivity index (χ4v) is 4.71. The summed E-state index contributed by atoms with van der Waals surface area (Å²) in [5.74, 6) is 0.910. The minimum Gasteiger partial charge on any atom is -0.445 e. The summed E-state index contributed by atoms with van der Waals surface area (Å²) in [5, 5.41) is 0.679. The van der Waals surface area contributed by atoms with Gasteiger partial charge in [0.15, 0.2) is 5.16 Å². The maximum Gasteiger partial charge on any atom is 0.410 e. The van der Waals surface area contributed by atoms with Crippen LogP contribution in [0.4, 0.5) is 15.4 Å². The number of carbonyl (C=O) groups is 2. The van der Waals surface area contributed by atoms with E-state index >= 15 is 0 Å². The molecule has 0 bridgehead atoms. The quantitative estimate of drug-likeness (QED) is 0.441. The van der Waals surface area contributed by atoms with Gasteiger partial charge in [-0.2, -0.15) is 0 Å². The highest BCUT2D eigenvalue weighted by molar-refractivity contribution is 7.98. The lowest BCUT2D eigenvalue weighted by atomic mass is 10.1. The van der Waals surface area contributed by atoms with Crippen molar-refractivity contribution in [2.45, 2.75) is 57.5 Å². The number of amides is 2. The molecule has 1 fully saturated rings. The zero-order valence-corrected chi connectivity index (χ0v) is 22.3. The number of thioether (sulfide) groups is 1. The molecule has 10 heteroatoms. The summed E-state index contributed by atoms with van der Waals surface area (Å²) in [4.78, 5) is 40.7. The molecule has 2 aliphatic heterocycles. The second kappa shape index (κ2) is 11.4. The normalized spacial score (nSPS) is 16.3. The van der Waals surface area contributed by atoms with Crippen LogP contribution >= 0.6 is 11.8 Å². The Morgan fingerprint density at radius 1 is 0.972 bits per heavy atom. The molecule has 36 heavy (non-hydrogen) atoms. The Hall–Kier alpha value is -3.01. The first kappa shape index (κ1) is 26.1. The SMILES string of the molecule is CSc1nc2c(c(N3CCN(C(=O)OC(C)(C)C)CC3)n1)CCCN(C(=O)OCc1ccccc1)C2. The summed E-state index contributed by atoms with van der Waals surface area (Å²) in [7, 11) is 0. The molecule has 194 valence electrons. The van der Waals surface area contributed by atoms with Gasteiger partial charge in [-0.1, -0.05) is 42.1 Å². The van der Waals surface area contributed by atoms with Crippen LogP contribution in [0, 0.1) is 0 Å². The second-order valence-electron chi connectivity index (χ2n) is 9.98. The number of benzene rings is 1. The third-order valence-electron chi connectivity index (χ3n) is 6.12. The van der Waals surface area contributed by atoms with Crippen molar-refractivity contribution in [3.05, 3.63) is 47.2 Å². The molecule has 1 saturated heterocycles. The van der Waals surface area contributed by atoms with E-state index in [9.17, 15) is 9.59 Å². The summed E-state index contributed by atoms with van der Waals surface area (Å²) < 4.78 is 11.1. The van der Waals surface area contributed by atoms with Crippen LogP contribution in [0.15, 0.2) is 35.5 Å². The van der Waals surface area contributed by atoms with Crippen molar-refractivity contribution in [1.29, 1.82) is 0 Å². The van der Waals surface area contributed by atoms with Gasteiger partial charge in [0, 0.05) is 38.3 Å². The van der Waals surface area contributed by atoms with Crippen LogP contribution in [0.3, 0.4) is 0 Å². The molecule has 2 amide bonds. The third kappa shape index (κ3) is 6.60. The van der Waals surface area contributed by atoms with Gasteiger partial charge in [0.2, 0.25) is 0 Å². The van der Waals surface area contributed by atoms with Crippen LogP contribution in [-0.2, 0) is 29.0 Å². The van der Waals surface area contributed by atoms with Crippen molar-refractivity contribution in [1.82, 2.24) is 19.8 Å². The van der Waals surface area contributed by atoms with E-state index < -0.39 is 5.60 Å². The van der Waals surface area contributed by atoms with Crippen LogP contribution in [0.25, 0.3) is 0 Å². The highest BCUT2D eigenvalue weighted by atomic mass is 32.2. The van der Waals surface area contributed by atoms with Gasteiger partial charge in [0.05, 0.1) is 12.2 Å². The largest absolute Gasteiger partial charge is 0.445 e. The van der Waals surface area contributed by atoms with E-state index in [1.165, 1.54) is 11.8 Å². The summed E-state index contributed by atoms with van der Waals surface area (Å²) in [6, 6.07) is 9.69. The lowest BCUT2D eigenvalue weighted by Crippen LogP contribution is -2.50. The van der Waals surface area contributed by atoms with Crippen LogP contribution in [0.2, 0.25) is 0 Å². The predicted molar refractivity (Wildman–Crippen MR) is 139 cm³/mol. The number of carbonyl (C=O) groups excluding carboxylic acids is 2. The Kier molecular flexibility index (Phi) is 8.23. The van der Waals surface area contributed by atoms with Gasteiger partial charge in [0.25, 0.3) is 0 Å². The van der Waals surface area contributed by atoms with Crippen molar-refractivity contribution in [3.63, 3.8) is 0 Å². The highest BCUT2D eigenvalue weighted by Crippen LogP contribution is 2.29. The molecule has 9 nitrogen and oxygen atoms in total. The number of hydrogen-bond donors (Lipinski definition) is 0. The Bertz CT molecular complexity index is 1070. The number of piperazine rings is 1. The second-order valence-corrected chi connectivity index (χ2v) is 10.8. The van der Waals surface area contributed by atoms with Crippen LogP contribution in [-0.4, -0.2) is 76.5 Å². The molecule has 3 heterocycles. The summed E-state index contributed by atoms with van der Waals surface area (Å²) in [5.41, 5.74) is 2.39. The van der Waals surface area contributed by atoms with E-state index in [1.807, 2.05) is 57.4 Å². The standard InChI is InChI=1S/C26H35N5O4S/c1-26(2,3)35-25(33)30-15-13-29(14-16-30)22-20-11-8-12-31(17-21(20)27-23(28-22)36-4)24(32)34-18-19-9-6-5-7-10-19/h5-7,9-10H,8,11-18H2,1-4H3. The molecule has 2 aliphatic rings. The van der Waals surface area contributed by atoms with Crippen molar-refractivity contribution in [2.24, 2.45) is 0 Å². The summed E-state index contributed by atoms with van der Waals surface area (Å²) >= 11 is 1.49. The van der Waals surface area contributed by atoms with Crippen LogP contribution in [0.5, 0.6) is 0 Å². The Labute approximate surface area is 217 Å². The van der Waals surface area contributed by atoms with E-state index in [0.717, 1.165) is 35.5 Å². The topological polar surface area (TPSA) is 88.1 Å². The fraction of sp³-hybridized carbons (Fsp3) is 0.538. The molecule has 2 aromatic rings. The molecule has 0 unspecified atom stereocenters. The van der Waals surface area contributed by atoms with Gasteiger partial charge in [-0.05, 0) is 45.4 Å². The van der Waals surface area contributed by atoms with E-state index in [2.05, 4.69) is 4.90 Å². The maximum absolute atomic E-state index is 12.9. The van der Waals surface area contributed by atoms with Gasteiger partial charge in [-0.25, -0.2) is 19.6 Å². The molecule has 1 aromatic heterocycles. The Morgan fingerprint density at radius 2 is 1.69 bits per heavy atom. The monoisotopic (exact) mass is 513 g/mol. The Balaban J connectivity index is 1.46. The summed E-state index contributed by atoms with van der Waals surface area (Å²) in [6.45, 7) is 9.34. The first-order valence-corrected chi connectivity index (χ1v) is 13.6. The molecule has 0 radical (unpaired) electrons. The molecule has 0 spiro atoms. The lowest BCUT2D eigenvalue weighted by Gasteiger charge is -2.37. The molecular weight excluding hydrogens is 478 g/mol. The lowest BCUT2D eigenvalue weighted by molar-refractivity contribution is 0.0240. The van der Waals surface area contributed by atoms with Crippen molar-refractivity contribution in [2.75, 3.05) is 43.9 Å². The van der Waals surface area contributed by atoms with Gasteiger partial charge in [-0.3, -0.25) is 0 Å². The van der Waals surface area contributed by atoms with Gasteiger partial charge in [-0.15, -0.1) is 0 Å². The van der Waals surface area contributed by atoms with E-state index in [1.54, 1.807) is 9.80 Å². The summed E-state index contributed by atoms with van der Waals surface area (Å²) in [6.07, 6.45) is 2.93. The molecule has 4 rings (SSSR count). The molecule has 0 N–H and O–H groups in total. The number of nitrogens with zero attached hydrogens (tertiary/aromatic N) is 5. The van der Waals surface area contributed by atoms with Crippen molar-refractivity contribution >= 4 is 29.8 Å².